The smallest absolute Gasteiger partial charge is 0.118 e. The first-order valence-electron chi connectivity index (χ1n) is 6.46. The Morgan fingerprint density at radius 3 is 2.53 bits per heavy atom. The van der Waals surface area contributed by atoms with Gasteiger partial charge in [0.25, 0.3) is 0 Å². The lowest BCUT2D eigenvalue weighted by Gasteiger charge is -2.14. The number of benzene rings is 1. The fourth-order valence-electron chi connectivity index (χ4n) is 1.99. The van der Waals surface area contributed by atoms with Crippen molar-refractivity contribution in [3.63, 3.8) is 0 Å². The number of aryl methyl sites for hydroxylation is 1. The molecule has 4 heteroatoms. The van der Waals surface area contributed by atoms with Crippen LogP contribution in [0.2, 0.25) is 0 Å². The minimum Gasteiger partial charge on any atom is -0.497 e. The average molecular weight is 259 g/mol. The summed E-state index contributed by atoms with van der Waals surface area (Å²) in [5, 5.41) is 7.76. The molecule has 0 aliphatic rings. The standard InChI is InChI=1S/C15H21N3O/c1-11(13-5-7-15(19-4)8-6-13)16-9-14-10-17-18(3)12(14)2/h5-8,10-11,16H,9H2,1-4H3/t11-/m1/s1. The maximum absolute atomic E-state index is 5.17. The van der Waals surface area contributed by atoms with Crippen LogP contribution in [0, 0.1) is 6.92 Å². The number of ether oxygens (including phenoxy) is 1. The molecule has 102 valence electrons. The quantitative estimate of drug-likeness (QED) is 0.897. The fourth-order valence-corrected chi connectivity index (χ4v) is 1.99. The van der Waals surface area contributed by atoms with Crippen molar-refractivity contribution in [2.75, 3.05) is 7.11 Å². The Balaban J connectivity index is 1.97. The van der Waals surface area contributed by atoms with E-state index in [4.69, 9.17) is 4.74 Å². The van der Waals surface area contributed by atoms with E-state index in [1.165, 1.54) is 16.8 Å². The highest BCUT2D eigenvalue weighted by Gasteiger charge is 2.08. The summed E-state index contributed by atoms with van der Waals surface area (Å²) in [5.41, 5.74) is 3.69. The molecule has 19 heavy (non-hydrogen) atoms. The highest BCUT2D eigenvalue weighted by Crippen LogP contribution is 2.18. The first-order valence-corrected chi connectivity index (χ1v) is 6.46. The maximum Gasteiger partial charge on any atom is 0.118 e. The minimum atomic E-state index is 0.297. The zero-order valence-corrected chi connectivity index (χ0v) is 12.0. The summed E-state index contributed by atoms with van der Waals surface area (Å²) in [4.78, 5) is 0. The number of hydrogen-bond acceptors (Lipinski definition) is 3. The van der Waals surface area contributed by atoms with Crippen LogP contribution in [0.5, 0.6) is 5.75 Å². The van der Waals surface area contributed by atoms with Crippen molar-refractivity contribution in [2.45, 2.75) is 26.4 Å². The van der Waals surface area contributed by atoms with Gasteiger partial charge in [-0.15, -0.1) is 0 Å². The molecule has 1 aromatic carbocycles. The van der Waals surface area contributed by atoms with Crippen LogP contribution >= 0.6 is 0 Å². The second-order valence-corrected chi connectivity index (χ2v) is 4.75. The summed E-state index contributed by atoms with van der Waals surface area (Å²) in [6, 6.07) is 8.45. The van der Waals surface area contributed by atoms with Gasteiger partial charge in [0.1, 0.15) is 5.75 Å². The Hall–Kier alpha value is -1.81. The van der Waals surface area contributed by atoms with E-state index in [1.54, 1.807) is 7.11 Å². The summed E-state index contributed by atoms with van der Waals surface area (Å²) in [6.45, 7) is 5.07. The Morgan fingerprint density at radius 2 is 2.00 bits per heavy atom. The van der Waals surface area contributed by atoms with E-state index in [9.17, 15) is 0 Å². The predicted octanol–water partition coefficient (Wildman–Crippen LogP) is 2.59. The molecule has 1 atom stereocenters. The van der Waals surface area contributed by atoms with Gasteiger partial charge in [0, 0.05) is 30.9 Å². The molecule has 4 nitrogen and oxygen atoms in total. The lowest BCUT2D eigenvalue weighted by Crippen LogP contribution is -2.18. The molecule has 0 bridgehead atoms. The Kier molecular flexibility index (Phi) is 4.22. The predicted molar refractivity (Wildman–Crippen MR) is 76.2 cm³/mol. The molecule has 2 rings (SSSR count). The Bertz CT molecular complexity index is 531. The first kappa shape index (κ1) is 13.6. The molecule has 1 N–H and O–H groups in total. The first-order chi connectivity index (χ1) is 9.11. The van der Waals surface area contributed by atoms with E-state index in [0.29, 0.717) is 6.04 Å². The van der Waals surface area contributed by atoms with E-state index in [0.717, 1.165) is 12.3 Å². The monoisotopic (exact) mass is 259 g/mol. The molecule has 0 fully saturated rings. The highest BCUT2D eigenvalue weighted by atomic mass is 16.5. The van der Waals surface area contributed by atoms with E-state index in [2.05, 4.69) is 36.4 Å². The van der Waals surface area contributed by atoms with Gasteiger partial charge >= 0.3 is 0 Å². The van der Waals surface area contributed by atoms with Crippen LogP contribution in [0.1, 0.15) is 29.8 Å². The topological polar surface area (TPSA) is 39.1 Å². The van der Waals surface area contributed by atoms with Crippen LogP contribution < -0.4 is 10.1 Å². The van der Waals surface area contributed by atoms with E-state index in [1.807, 2.05) is 30.1 Å². The van der Waals surface area contributed by atoms with Gasteiger partial charge in [-0.05, 0) is 31.5 Å². The number of nitrogens with zero attached hydrogens (tertiary/aromatic N) is 2. The van der Waals surface area contributed by atoms with Crippen molar-refractivity contribution in [3.8, 4) is 5.75 Å². The van der Waals surface area contributed by atoms with Crippen molar-refractivity contribution < 1.29 is 4.74 Å². The van der Waals surface area contributed by atoms with Crippen molar-refractivity contribution in [3.05, 3.63) is 47.3 Å². The van der Waals surface area contributed by atoms with E-state index >= 15 is 0 Å². The van der Waals surface area contributed by atoms with Gasteiger partial charge in [0.15, 0.2) is 0 Å². The summed E-state index contributed by atoms with van der Waals surface area (Å²) >= 11 is 0. The van der Waals surface area contributed by atoms with Crippen LogP contribution in [0.25, 0.3) is 0 Å². The van der Waals surface area contributed by atoms with Gasteiger partial charge in [0.2, 0.25) is 0 Å². The number of rotatable bonds is 5. The van der Waals surface area contributed by atoms with Gasteiger partial charge in [0.05, 0.1) is 13.3 Å². The number of aromatic nitrogens is 2. The normalized spacial score (nSPS) is 12.4. The van der Waals surface area contributed by atoms with E-state index < -0.39 is 0 Å². The molecular formula is C15H21N3O. The molecule has 2 aromatic rings. The molecule has 1 heterocycles. The van der Waals surface area contributed by atoms with Gasteiger partial charge in [-0.2, -0.15) is 5.10 Å². The van der Waals surface area contributed by atoms with Crippen molar-refractivity contribution in [2.24, 2.45) is 7.05 Å². The molecule has 1 aromatic heterocycles. The molecule has 0 saturated heterocycles. The van der Waals surface area contributed by atoms with Gasteiger partial charge in [-0.3, -0.25) is 4.68 Å². The van der Waals surface area contributed by atoms with Crippen LogP contribution in [0.15, 0.2) is 30.5 Å². The zero-order chi connectivity index (χ0) is 13.8. The van der Waals surface area contributed by atoms with Crippen LogP contribution in [0.4, 0.5) is 0 Å². The summed E-state index contributed by atoms with van der Waals surface area (Å²) in [6.07, 6.45) is 1.92. The SMILES string of the molecule is COc1ccc([C@@H](C)NCc2cnn(C)c2C)cc1. The molecule has 0 amide bonds. The van der Waals surface area contributed by atoms with Gasteiger partial charge in [-0.25, -0.2) is 0 Å². The summed E-state index contributed by atoms with van der Waals surface area (Å²) < 4.78 is 7.06. The average Bonchev–Trinajstić information content (AvgIpc) is 2.76. The summed E-state index contributed by atoms with van der Waals surface area (Å²) in [7, 11) is 3.65. The van der Waals surface area contributed by atoms with E-state index in [-0.39, 0.29) is 0 Å². The Labute approximate surface area is 114 Å². The maximum atomic E-state index is 5.17. The van der Waals surface area contributed by atoms with Crippen LogP contribution in [-0.2, 0) is 13.6 Å². The number of nitrogens with one attached hydrogen (secondary N) is 1. The second-order valence-electron chi connectivity index (χ2n) is 4.75. The third kappa shape index (κ3) is 3.15. The van der Waals surface area contributed by atoms with Crippen molar-refractivity contribution in [1.29, 1.82) is 0 Å². The summed E-state index contributed by atoms with van der Waals surface area (Å²) in [5.74, 6) is 0.888. The Morgan fingerprint density at radius 1 is 1.32 bits per heavy atom. The fraction of sp³-hybridized carbons (Fsp3) is 0.400. The molecule has 0 radical (unpaired) electrons. The van der Waals surface area contributed by atoms with Crippen molar-refractivity contribution >= 4 is 0 Å². The third-order valence-corrected chi connectivity index (χ3v) is 3.55. The lowest BCUT2D eigenvalue weighted by molar-refractivity contribution is 0.414. The highest BCUT2D eigenvalue weighted by molar-refractivity contribution is 5.29. The molecule has 0 spiro atoms. The molecule has 0 aliphatic heterocycles. The van der Waals surface area contributed by atoms with Crippen LogP contribution in [0.3, 0.4) is 0 Å². The zero-order valence-electron chi connectivity index (χ0n) is 12.0. The number of hydrogen-bond donors (Lipinski definition) is 1. The largest absolute Gasteiger partial charge is 0.497 e. The van der Waals surface area contributed by atoms with Gasteiger partial charge < -0.3 is 10.1 Å². The lowest BCUT2D eigenvalue weighted by atomic mass is 10.1. The number of methoxy groups -OCH3 is 1. The molecule has 0 unspecified atom stereocenters. The molecular weight excluding hydrogens is 238 g/mol. The third-order valence-electron chi connectivity index (χ3n) is 3.55. The van der Waals surface area contributed by atoms with Crippen LogP contribution in [-0.4, -0.2) is 16.9 Å². The molecule has 0 aliphatic carbocycles. The van der Waals surface area contributed by atoms with Crippen molar-refractivity contribution in [1.82, 2.24) is 15.1 Å². The van der Waals surface area contributed by atoms with Gasteiger partial charge in [-0.1, -0.05) is 12.1 Å². The minimum absolute atomic E-state index is 0.297. The second kappa shape index (κ2) is 5.89. The molecule has 0 saturated carbocycles.